The van der Waals surface area contributed by atoms with Gasteiger partial charge in [0, 0.05) is 25.3 Å². The third-order valence-electron chi connectivity index (χ3n) is 2.69. The second kappa shape index (κ2) is 5.77. The number of nitrogens with one attached hydrogen (secondary N) is 1. The van der Waals surface area contributed by atoms with Crippen LogP contribution in [0, 0.1) is 0 Å². The fraction of sp³-hybridized carbons (Fsp3) is 0.727. The van der Waals surface area contributed by atoms with E-state index in [4.69, 9.17) is 5.11 Å². The number of aryl methyl sites for hydroxylation is 2. The van der Waals surface area contributed by atoms with Crippen molar-refractivity contribution in [3.05, 3.63) is 11.9 Å². The largest absolute Gasteiger partial charge is 0.396 e. The molecule has 2 rings (SSSR count). The van der Waals surface area contributed by atoms with Crippen LogP contribution in [0.2, 0.25) is 0 Å². The van der Waals surface area contributed by atoms with Gasteiger partial charge in [0.2, 0.25) is 5.91 Å². The quantitative estimate of drug-likeness (QED) is 0.693. The first-order valence-electron chi connectivity index (χ1n) is 6.07. The molecule has 0 spiro atoms. The zero-order valence-electron chi connectivity index (χ0n) is 9.80. The first kappa shape index (κ1) is 12.0. The molecule has 1 amide bonds. The van der Waals surface area contributed by atoms with Crippen molar-refractivity contribution in [3.8, 4) is 0 Å². The summed E-state index contributed by atoms with van der Waals surface area (Å²) in [6.07, 6.45) is 5.92. The summed E-state index contributed by atoms with van der Waals surface area (Å²) in [5.74, 6) is 0.0832. The summed E-state index contributed by atoms with van der Waals surface area (Å²) in [4.78, 5) is 11.4. The number of hydrogen-bond acceptors (Lipinski definition) is 4. The van der Waals surface area contributed by atoms with E-state index in [9.17, 15) is 4.79 Å². The van der Waals surface area contributed by atoms with Crippen LogP contribution in [-0.2, 0) is 17.8 Å². The van der Waals surface area contributed by atoms with Crippen LogP contribution in [0.1, 0.15) is 31.4 Å². The Bertz CT molecular complexity index is 373. The van der Waals surface area contributed by atoms with Gasteiger partial charge in [-0.2, -0.15) is 0 Å². The van der Waals surface area contributed by atoms with E-state index < -0.39 is 0 Å². The van der Waals surface area contributed by atoms with Crippen LogP contribution in [0.3, 0.4) is 0 Å². The number of amides is 1. The van der Waals surface area contributed by atoms with Gasteiger partial charge >= 0.3 is 0 Å². The van der Waals surface area contributed by atoms with Crippen molar-refractivity contribution in [1.82, 2.24) is 20.3 Å². The lowest BCUT2D eigenvalue weighted by atomic mass is 10.2. The topological polar surface area (TPSA) is 80.0 Å². The van der Waals surface area contributed by atoms with Crippen molar-refractivity contribution in [2.45, 2.75) is 44.7 Å². The van der Waals surface area contributed by atoms with E-state index in [1.54, 1.807) is 4.68 Å². The van der Waals surface area contributed by atoms with Gasteiger partial charge in [-0.15, -0.1) is 5.10 Å². The van der Waals surface area contributed by atoms with Gasteiger partial charge in [0.05, 0.1) is 12.2 Å². The Morgan fingerprint density at radius 2 is 2.41 bits per heavy atom. The van der Waals surface area contributed by atoms with Crippen LogP contribution < -0.4 is 5.32 Å². The third-order valence-corrected chi connectivity index (χ3v) is 2.69. The highest BCUT2D eigenvalue weighted by Gasteiger charge is 2.22. The van der Waals surface area contributed by atoms with Crippen LogP contribution >= 0.6 is 0 Å². The maximum absolute atomic E-state index is 11.4. The monoisotopic (exact) mass is 238 g/mol. The van der Waals surface area contributed by atoms with E-state index >= 15 is 0 Å². The molecule has 1 fully saturated rings. The summed E-state index contributed by atoms with van der Waals surface area (Å²) in [7, 11) is 0. The summed E-state index contributed by atoms with van der Waals surface area (Å²) in [6, 6.07) is 0.415. The predicted molar refractivity (Wildman–Crippen MR) is 61.2 cm³/mol. The molecule has 1 aromatic rings. The van der Waals surface area contributed by atoms with Crippen LogP contribution in [0.5, 0.6) is 0 Å². The SMILES string of the molecule is O=C(CCn1cc(CCCO)nn1)NC1CC1. The molecule has 6 heteroatoms. The molecule has 0 unspecified atom stereocenters. The van der Waals surface area contributed by atoms with Crippen molar-refractivity contribution in [2.75, 3.05) is 6.61 Å². The Morgan fingerprint density at radius 1 is 1.59 bits per heavy atom. The Hall–Kier alpha value is -1.43. The molecule has 1 aliphatic rings. The molecular formula is C11H18N4O2. The Labute approximate surface area is 100 Å². The lowest BCUT2D eigenvalue weighted by molar-refractivity contribution is -0.121. The molecule has 6 nitrogen and oxygen atoms in total. The average molecular weight is 238 g/mol. The van der Waals surface area contributed by atoms with Crippen molar-refractivity contribution in [3.63, 3.8) is 0 Å². The lowest BCUT2D eigenvalue weighted by Gasteiger charge is -2.02. The molecule has 1 aliphatic carbocycles. The molecule has 0 bridgehead atoms. The zero-order valence-corrected chi connectivity index (χ0v) is 9.80. The number of aromatic nitrogens is 3. The van der Waals surface area contributed by atoms with Crippen molar-refractivity contribution >= 4 is 5.91 Å². The second-order valence-electron chi connectivity index (χ2n) is 4.39. The molecule has 0 aliphatic heterocycles. The molecular weight excluding hydrogens is 220 g/mol. The van der Waals surface area contributed by atoms with Gasteiger partial charge in [-0.3, -0.25) is 9.48 Å². The molecule has 1 saturated carbocycles. The molecule has 0 radical (unpaired) electrons. The van der Waals surface area contributed by atoms with E-state index in [-0.39, 0.29) is 12.5 Å². The molecule has 1 aromatic heterocycles. The van der Waals surface area contributed by atoms with Gasteiger partial charge in [-0.05, 0) is 25.7 Å². The number of aliphatic hydroxyl groups is 1. The molecule has 17 heavy (non-hydrogen) atoms. The van der Waals surface area contributed by atoms with E-state index in [0.717, 1.165) is 25.0 Å². The third kappa shape index (κ3) is 4.14. The first-order valence-corrected chi connectivity index (χ1v) is 6.07. The minimum absolute atomic E-state index is 0.0832. The number of aliphatic hydroxyl groups excluding tert-OH is 1. The standard InChI is InChI=1S/C11H18N4O2/c16-7-1-2-10-8-15(14-13-10)6-5-11(17)12-9-3-4-9/h8-9,16H,1-7H2,(H,12,17). The van der Waals surface area contributed by atoms with Gasteiger partial charge in [-0.25, -0.2) is 0 Å². The molecule has 0 atom stereocenters. The first-order chi connectivity index (χ1) is 8.28. The molecule has 0 saturated heterocycles. The Morgan fingerprint density at radius 3 is 3.12 bits per heavy atom. The number of carbonyl (C=O) groups is 1. The normalized spacial score (nSPS) is 14.9. The zero-order chi connectivity index (χ0) is 12.1. The Balaban J connectivity index is 1.70. The maximum Gasteiger partial charge on any atom is 0.222 e. The van der Waals surface area contributed by atoms with Crippen LogP contribution in [0.15, 0.2) is 6.20 Å². The average Bonchev–Trinajstić information content (AvgIpc) is 3.01. The molecule has 0 aromatic carbocycles. The fourth-order valence-electron chi connectivity index (χ4n) is 1.57. The van der Waals surface area contributed by atoms with Gasteiger partial charge in [0.25, 0.3) is 0 Å². The van der Waals surface area contributed by atoms with E-state index in [2.05, 4.69) is 15.6 Å². The number of rotatable bonds is 7. The van der Waals surface area contributed by atoms with Crippen molar-refractivity contribution in [2.24, 2.45) is 0 Å². The number of hydrogen-bond donors (Lipinski definition) is 2. The van der Waals surface area contributed by atoms with Gasteiger partial charge in [0.1, 0.15) is 0 Å². The summed E-state index contributed by atoms with van der Waals surface area (Å²) in [5, 5.41) is 19.5. The van der Waals surface area contributed by atoms with Gasteiger partial charge in [0.15, 0.2) is 0 Å². The van der Waals surface area contributed by atoms with Crippen LogP contribution in [-0.4, -0.2) is 38.7 Å². The van der Waals surface area contributed by atoms with Crippen molar-refractivity contribution < 1.29 is 9.90 Å². The smallest absolute Gasteiger partial charge is 0.222 e. The summed E-state index contributed by atoms with van der Waals surface area (Å²) < 4.78 is 1.68. The lowest BCUT2D eigenvalue weighted by Crippen LogP contribution is -2.26. The minimum atomic E-state index is 0.0832. The van der Waals surface area contributed by atoms with E-state index in [1.165, 1.54) is 0 Å². The summed E-state index contributed by atoms with van der Waals surface area (Å²) in [5.41, 5.74) is 0.863. The highest BCUT2D eigenvalue weighted by molar-refractivity contribution is 5.76. The van der Waals surface area contributed by atoms with Crippen molar-refractivity contribution in [1.29, 1.82) is 0 Å². The number of carbonyl (C=O) groups excluding carboxylic acids is 1. The summed E-state index contributed by atoms with van der Waals surface area (Å²) >= 11 is 0. The highest BCUT2D eigenvalue weighted by atomic mass is 16.2. The minimum Gasteiger partial charge on any atom is -0.396 e. The van der Waals surface area contributed by atoms with Gasteiger partial charge in [-0.1, -0.05) is 5.21 Å². The molecule has 94 valence electrons. The highest BCUT2D eigenvalue weighted by Crippen LogP contribution is 2.18. The molecule has 1 heterocycles. The predicted octanol–water partition coefficient (Wildman–Crippen LogP) is -0.128. The number of nitrogens with zero attached hydrogens (tertiary/aromatic N) is 3. The van der Waals surface area contributed by atoms with Gasteiger partial charge < -0.3 is 10.4 Å². The van der Waals surface area contributed by atoms with Crippen LogP contribution in [0.25, 0.3) is 0 Å². The fourth-order valence-corrected chi connectivity index (χ4v) is 1.57. The van der Waals surface area contributed by atoms with Crippen LogP contribution in [0.4, 0.5) is 0 Å². The van der Waals surface area contributed by atoms with E-state index in [0.29, 0.717) is 25.4 Å². The Kier molecular flexibility index (Phi) is 4.08. The molecule has 2 N–H and O–H groups in total. The summed E-state index contributed by atoms with van der Waals surface area (Å²) in [6.45, 7) is 0.724. The second-order valence-corrected chi connectivity index (χ2v) is 4.39. The van der Waals surface area contributed by atoms with E-state index in [1.807, 2.05) is 6.20 Å². The maximum atomic E-state index is 11.4.